The van der Waals surface area contributed by atoms with Crippen LogP contribution in [0.2, 0.25) is 0 Å². The van der Waals surface area contributed by atoms with Crippen molar-refractivity contribution in [3.05, 3.63) is 120 Å². The lowest BCUT2D eigenvalue weighted by molar-refractivity contribution is 0.198. The fourth-order valence-electron chi connectivity index (χ4n) is 4.54. The molecule has 6 heteroatoms. The number of fused-ring (bicyclic) bond motifs is 2. The zero-order valence-corrected chi connectivity index (χ0v) is 19.7. The van der Waals surface area contributed by atoms with Gasteiger partial charge in [-0.1, -0.05) is 72.8 Å². The van der Waals surface area contributed by atoms with Crippen LogP contribution in [-0.4, -0.2) is 23.8 Å². The van der Waals surface area contributed by atoms with Gasteiger partial charge in [-0.15, -0.1) is 0 Å². The van der Waals surface area contributed by atoms with Crippen LogP contribution < -0.4 is 9.47 Å². The van der Waals surface area contributed by atoms with Crippen molar-refractivity contribution in [3.8, 4) is 11.5 Å². The normalized spacial score (nSPS) is 17.3. The summed E-state index contributed by atoms with van der Waals surface area (Å²) in [6.45, 7) is 0. The number of azo groups is 1. The second kappa shape index (κ2) is 9.50. The van der Waals surface area contributed by atoms with Crippen LogP contribution in [0.15, 0.2) is 125 Å². The van der Waals surface area contributed by atoms with Gasteiger partial charge in [0.15, 0.2) is 12.1 Å². The number of aromatic nitrogens is 1. The van der Waals surface area contributed by atoms with E-state index in [2.05, 4.69) is 34.4 Å². The van der Waals surface area contributed by atoms with Gasteiger partial charge in [0.25, 0.3) is 0 Å². The third-order valence-electron chi connectivity index (χ3n) is 6.30. The van der Waals surface area contributed by atoms with Crippen molar-refractivity contribution in [3.63, 3.8) is 0 Å². The highest BCUT2D eigenvalue weighted by Gasteiger charge is 2.35. The van der Waals surface area contributed by atoms with Gasteiger partial charge in [-0.3, -0.25) is 0 Å². The lowest BCUT2D eigenvalue weighted by atomic mass is 9.94. The van der Waals surface area contributed by atoms with Gasteiger partial charge >= 0.3 is 0 Å². The number of methoxy groups -OCH3 is 1. The molecule has 6 nitrogen and oxygen atoms in total. The summed E-state index contributed by atoms with van der Waals surface area (Å²) in [5.41, 5.74) is 5.18. The summed E-state index contributed by atoms with van der Waals surface area (Å²) in [7, 11) is 1.63. The summed E-state index contributed by atoms with van der Waals surface area (Å²) in [5.74, 6) is 1.36. The molecular formula is C30H24N4O2. The fraction of sp³-hybridized carbons (Fsp3) is 0.100. The molecule has 1 aliphatic heterocycles. The SMILES string of the molecule is COc1ccccc1N=NC1C(c2c[nH]c3ccccc23)=Nc2ccccc2OC1c1ccccc1. The predicted octanol–water partition coefficient (Wildman–Crippen LogP) is 7.58. The topological polar surface area (TPSA) is 71.3 Å². The summed E-state index contributed by atoms with van der Waals surface area (Å²) in [5, 5.41) is 10.6. The van der Waals surface area contributed by atoms with Crippen molar-refractivity contribution in [1.82, 2.24) is 4.98 Å². The second-order valence-corrected chi connectivity index (χ2v) is 8.49. The summed E-state index contributed by atoms with van der Waals surface area (Å²) >= 11 is 0. The molecule has 2 unspecified atom stereocenters. The molecule has 6 rings (SSSR count). The van der Waals surface area contributed by atoms with E-state index in [9.17, 15) is 0 Å². The zero-order chi connectivity index (χ0) is 24.3. The second-order valence-electron chi connectivity index (χ2n) is 8.49. The van der Waals surface area contributed by atoms with Crippen molar-refractivity contribution < 1.29 is 9.47 Å². The Morgan fingerprint density at radius 3 is 2.47 bits per heavy atom. The number of aliphatic imine (C=N–C) groups is 1. The first-order chi connectivity index (χ1) is 17.8. The van der Waals surface area contributed by atoms with Crippen LogP contribution in [0.4, 0.5) is 11.4 Å². The smallest absolute Gasteiger partial charge is 0.155 e. The molecule has 0 amide bonds. The highest BCUT2D eigenvalue weighted by molar-refractivity contribution is 6.14. The average Bonchev–Trinajstić information content (AvgIpc) is 3.29. The number of nitrogens with zero attached hydrogens (tertiary/aromatic N) is 3. The Morgan fingerprint density at radius 2 is 1.58 bits per heavy atom. The molecule has 176 valence electrons. The van der Waals surface area contributed by atoms with Gasteiger partial charge in [0.1, 0.15) is 22.9 Å². The molecule has 2 atom stereocenters. The first-order valence-electron chi connectivity index (χ1n) is 11.8. The quantitative estimate of drug-likeness (QED) is 0.268. The Labute approximate surface area is 209 Å². The van der Waals surface area contributed by atoms with Gasteiger partial charge in [0, 0.05) is 22.7 Å². The highest BCUT2D eigenvalue weighted by Crippen LogP contribution is 2.40. The van der Waals surface area contributed by atoms with E-state index in [0.717, 1.165) is 33.4 Å². The number of ether oxygens (including phenoxy) is 2. The predicted molar refractivity (Wildman–Crippen MR) is 142 cm³/mol. The number of aromatic amines is 1. The molecule has 36 heavy (non-hydrogen) atoms. The van der Waals surface area contributed by atoms with Gasteiger partial charge in [-0.25, -0.2) is 4.99 Å². The molecule has 0 fully saturated rings. The number of hydrogen-bond donors (Lipinski definition) is 1. The molecule has 0 saturated carbocycles. The van der Waals surface area contributed by atoms with Crippen LogP contribution in [0.3, 0.4) is 0 Å². The van der Waals surface area contributed by atoms with Gasteiger partial charge in [-0.2, -0.15) is 10.2 Å². The van der Waals surface area contributed by atoms with E-state index in [0.29, 0.717) is 17.2 Å². The minimum atomic E-state index is -0.524. The molecule has 0 aliphatic carbocycles. The first kappa shape index (κ1) is 21.8. The third kappa shape index (κ3) is 4.03. The van der Waals surface area contributed by atoms with Crippen LogP contribution in [0, 0.1) is 0 Å². The maximum absolute atomic E-state index is 6.63. The van der Waals surface area contributed by atoms with Crippen LogP contribution in [-0.2, 0) is 0 Å². The molecule has 4 aromatic carbocycles. The maximum Gasteiger partial charge on any atom is 0.155 e. The molecule has 0 saturated heterocycles. The monoisotopic (exact) mass is 472 g/mol. The van der Waals surface area contributed by atoms with Crippen molar-refractivity contribution in [2.75, 3.05) is 7.11 Å². The van der Waals surface area contributed by atoms with E-state index < -0.39 is 12.1 Å². The van der Waals surface area contributed by atoms with Crippen molar-refractivity contribution in [2.24, 2.45) is 15.2 Å². The number of hydrogen-bond acceptors (Lipinski definition) is 5. The Balaban J connectivity index is 1.57. The lowest BCUT2D eigenvalue weighted by Gasteiger charge is -2.24. The van der Waals surface area contributed by atoms with Gasteiger partial charge in [0.2, 0.25) is 0 Å². The van der Waals surface area contributed by atoms with Gasteiger partial charge in [0.05, 0.1) is 12.8 Å². The summed E-state index contributed by atoms with van der Waals surface area (Å²) in [6, 6.07) is 33.2. The van der Waals surface area contributed by atoms with E-state index in [1.165, 1.54) is 0 Å². The average molecular weight is 473 g/mol. The lowest BCUT2D eigenvalue weighted by Crippen LogP contribution is -2.29. The molecule has 0 bridgehead atoms. The molecule has 1 aliphatic rings. The van der Waals surface area contributed by atoms with Crippen LogP contribution >= 0.6 is 0 Å². The number of H-pyrrole nitrogens is 1. The van der Waals surface area contributed by atoms with E-state index in [1.807, 2.05) is 85.1 Å². The summed E-state index contributed by atoms with van der Waals surface area (Å²) in [4.78, 5) is 8.51. The van der Waals surface area contributed by atoms with Crippen LogP contribution in [0.25, 0.3) is 10.9 Å². The van der Waals surface area contributed by atoms with Crippen molar-refractivity contribution in [2.45, 2.75) is 12.1 Å². The number of para-hydroxylation sites is 4. The Hall–Kier alpha value is -4.71. The molecule has 0 radical (unpaired) electrons. The molecule has 2 heterocycles. The standard InChI is InChI=1S/C30H24N4O2/c1-35-26-17-9-8-16-25(26)33-34-29-28(22-19-31-23-14-6-5-13-21(22)23)32-24-15-7-10-18-27(24)36-30(29)20-11-3-2-4-12-20/h2-19,29-31H,1H3. The van der Waals surface area contributed by atoms with Gasteiger partial charge < -0.3 is 14.5 Å². The number of benzene rings is 4. The highest BCUT2D eigenvalue weighted by atomic mass is 16.5. The Morgan fingerprint density at radius 1 is 0.833 bits per heavy atom. The summed E-state index contributed by atoms with van der Waals surface area (Å²) < 4.78 is 12.1. The Kier molecular flexibility index (Phi) is 5.75. The largest absolute Gasteiger partial charge is 0.494 e. The van der Waals surface area contributed by atoms with Crippen molar-refractivity contribution >= 4 is 28.0 Å². The van der Waals surface area contributed by atoms with E-state index in [1.54, 1.807) is 7.11 Å². The number of rotatable bonds is 5. The van der Waals surface area contributed by atoms with Crippen molar-refractivity contribution in [1.29, 1.82) is 0 Å². The minimum absolute atomic E-state index is 0.444. The van der Waals surface area contributed by atoms with E-state index in [4.69, 9.17) is 19.6 Å². The fourth-order valence-corrected chi connectivity index (χ4v) is 4.54. The first-order valence-corrected chi connectivity index (χ1v) is 11.8. The number of nitrogens with one attached hydrogen (secondary N) is 1. The van der Waals surface area contributed by atoms with Gasteiger partial charge in [-0.05, 0) is 35.9 Å². The summed E-state index contributed by atoms with van der Waals surface area (Å²) in [6.07, 6.45) is 1.55. The molecule has 0 spiro atoms. The third-order valence-corrected chi connectivity index (χ3v) is 6.30. The molecule has 1 N–H and O–H groups in total. The maximum atomic E-state index is 6.63. The minimum Gasteiger partial charge on any atom is -0.494 e. The molecular weight excluding hydrogens is 448 g/mol. The van der Waals surface area contributed by atoms with Crippen LogP contribution in [0.1, 0.15) is 17.2 Å². The molecule has 5 aromatic rings. The molecule has 1 aromatic heterocycles. The Bertz CT molecular complexity index is 1570. The zero-order valence-electron chi connectivity index (χ0n) is 19.7. The van der Waals surface area contributed by atoms with E-state index >= 15 is 0 Å². The van der Waals surface area contributed by atoms with E-state index in [-0.39, 0.29) is 0 Å². The van der Waals surface area contributed by atoms with Crippen LogP contribution in [0.5, 0.6) is 11.5 Å².